The Kier molecular flexibility index (Phi) is 6.47. The summed E-state index contributed by atoms with van der Waals surface area (Å²) in [7, 11) is -3.07. The van der Waals surface area contributed by atoms with Crippen LogP contribution in [0.15, 0.2) is 30.5 Å². The second-order valence-corrected chi connectivity index (χ2v) is 10.9. The lowest BCUT2D eigenvalue weighted by Crippen LogP contribution is -2.36. The van der Waals surface area contributed by atoms with Gasteiger partial charge in [0, 0.05) is 26.4 Å². The molecule has 1 aromatic heterocycles. The van der Waals surface area contributed by atoms with Gasteiger partial charge in [0.1, 0.15) is 11.8 Å². The summed E-state index contributed by atoms with van der Waals surface area (Å²) in [5, 5.41) is 8.97. The van der Waals surface area contributed by atoms with Crippen molar-refractivity contribution in [2.45, 2.75) is 38.5 Å². The molecule has 8 nitrogen and oxygen atoms in total. The van der Waals surface area contributed by atoms with Gasteiger partial charge in [-0.15, -0.1) is 0 Å². The molecule has 1 aromatic carbocycles. The summed E-state index contributed by atoms with van der Waals surface area (Å²) in [6.45, 7) is 3.03. The Labute approximate surface area is 193 Å². The van der Waals surface area contributed by atoms with Crippen molar-refractivity contribution < 1.29 is 18.0 Å². The number of nitrogens with one attached hydrogen (secondary N) is 1. The number of piperidine rings is 1. The highest BCUT2D eigenvalue weighted by Crippen LogP contribution is 2.34. The van der Waals surface area contributed by atoms with Crippen LogP contribution < -0.4 is 0 Å². The first-order valence-corrected chi connectivity index (χ1v) is 12.8. The van der Waals surface area contributed by atoms with Gasteiger partial charge >= 0.3 is 0 Å². The number of hydrogen-bond donors (Lipinski definition) is 1. The van der Waals surface area contributed by atoms with Crippen LogP contribution in [0.2, 0.25) is 0 Å². The maximum Gasteiger partial charge on any atom is 0.219 e. The number of Topliss-reactive ketones (excluding diaryl/α,β-unsaturated/α-hetero) is 1. The molecular formula is C24H26N4O4S. The fourth-order valence-corrected chi connectivity index (χ4v) is 5.68. The molecule has 0 spiro atoms. The Morgan fingerprint density at radius 3 is 2.64 bits per heavy atom. The molecule has 0 unspecified atom stereocenters. The van der Waals surface area contributed by atoms with Crippen molar-refractivity contribution in [1.82, 2.24) is 14.9 Å². The summed E-state index contributed by atoms with van der Waals surface area (Å²) < 4.78 is 23.9. The molecule has 0 bridgehead atoms. The minimum atomic E-state index is -3.07. The second-order valence-electron chi connectivity index (χ2n) is 8.65. The van der Waals surface area contributed by atoms with Gasteiger partial charge in [-0.1, -0.05) is 24.3 Å². The molecule has 2 aliphatic heterocycles. The quantitative estimate of drug-likeness (QED) is 0.676. The number of aromatic nitrogens is 2. The van der Waals surface area contributed by atoms with Crippen molar-refractivity contribution in [2.75, 3.05) is 24.6 Å². The molecule has 2 aromatic rings. The van der Waals surface area contributed by atoms with Crippen LogP contribution >= 0.6 is 0 Å². The minimum Gasteiger partial charge on any atom is -0.343 e. The number of nitrogens with zero attached hydrogens (tertiary/aromatic N) is 3. The van der Waals surface area contributed by atoms with Crippen LogP contribution in [0.25, 0.3) is 5.57 Å². The molecule has 9 heteroatoms. The van der Waals surface area contributed by atoms with Crippen LogP contribution in [0.5, 0.6) is 0 Å². The van der Waals surface area contributed by atoms with Crippen LogP contribution in [0.1, 0.15) is 65.1 Å². The highest BCUT2D eigenvalue weighted by Gasteiger charge is 2.25. The summed E-state index contributed by atoms with van der Waals surface area (Å²) in [5.41, 5.74) is 4.02. The number of carbonyl (C=O) groups is 2. The summed E-state index contributed by atoms with van der Waals surface area (Å²) in [5.74, 6) is 0.398. The standard InChI is InChI=1S/C24H26N4O4S/c1-16(29)28-8-4-17(5-9-28)19-2-3-20(13-23(30)24-26-15-21(14-25)27-24)22(12-19)18-6-10-33(31,32)11-7-18/h2-3,6,12,15,17H,4-5,7-11,13H2,1H3,(H,26,27). The van der Waals surface area contributed by atoms with E-state index in [0.29, 0.717) is 12.3 Å². The average molecular weight is 467 g/mol. The van der Waals surface area contributed by atoms with Crippen LogP contribution in [0, 0.1) is 11.3 Å². The third-order valence-corrected chi connectivity index (χ3v) is 7.97. The number of likely N-dealkylation sites (tertiary alicyclic amines) is 1. The molecule has 172 valence electrons. The van der Waals surface area contributed by atoms with Crippen molar-refractivity contribution in [3.05, 3.63) is 58.7 Å². The number of rotatable bonds is 5. The summed E-state index contributed by atoms with van der Waals surface area (Å²) >= 11 is 0. The summed E-state index contributed by atoms with van der Waals surface area (Å²) in [6.07, 6.45) is 5.34. The van der Waals surface area contributed by atoms with E-state index in [1.54, 1.807) is 13.0 Å². The molecule has 1 amide bonds. The molecule has 2 aliphatic rings. The number of amides is 1. The Balaban J connectivity index is 1.63. The van der Waals surface area contributed by atoms with Crippen LogP contribution in [0.3, 0.4) is 0 Å². The van der Waals surface area contributed by atoms with Gasteiger partial charge in [0.25, 0.3) is 0 Å². The number of aromatic amines is 1. The van der Waals surface area contributed by atoms with E-state index in [-0.39, 0.29) is 41.1 Å². The number of benzene rings is 1. The first kappa shape index (κ1) is 22.9. The number of carbonyl (C=O) groups excluding carboxylic acids is 2. The molecular weight excluding hydrogens is 440 g/mol. The number of H-pyrrole nitrogens is 1. The van der Waals surface area contributed by atoms with E-state index in [0.717, 1.165) is 48.2 Å². The van der Waals surface area contributed by atoms with Crippen molar-refractivity contribution >= 4 is 27.1 Å². The zero-order chi connectivity index (χ0) is 23.6. The molecule has 1 fully saturated rings. The van der Waals surface area contributed by atoms with Crippen molar-refractivity contribution in [2.24, 2.45) is 0 Å². The molecule has 4 rings (SSSR count). The number of ketones is 1. The maximum atomic E-state index is 12.8. The molecule has 33 heavy (non-hydrogen) atoms. The van der Waals surface area contributed by atoms with Crippen molar-refractivity contribution in [1.29, 1.82) is 5.26 Å². The smallest absolute Gasteiger partial charge is 0.219 e. The van der Waals surface area contributed by atoms with E-state index in [9.17, 15) is 18.0 Å². The molecule has 0 radical (unpaired) electrons. The van der Waals surface area contributed by atoms with Gasteiger partial charge in [-0.25, -0.2) is 13.4 Å². The summed E-state index contributed by atoms with van der Waals surface area (Å²) in [4.78, 5) is 33.0. The molecule has 0 aliphatic carbocycles. The normalized spacial score (nSPS) is 18.4. The minimum absolute atomic E-state index is 0.000656. The van der Waals surface area contributed by atoms with E-state index in [1.165, 1.54) is 6.20 Å². The fraction of sp³-hybridized carbons (Fsp3) is 0.417. The molecule has 1 N–H and O–H groups in total. The highest BCUT2D eigenvalue weighted by molar-refractivity contribution is 7.91. The van der Waals surface area contributed by atoms with E-state index < -0.39 is 9.84 Å². The van der Waals surface area contributed by atoms with E-state index in [4.69, 9.17) is 5.26 Å². The lowest BCUT2D eigenvalue weighted by molar-refractivity contribution is -0.129. The van der Waals surface area contributed by atoms with Crippen LogP contribution in [-0.2, 0) is 21.1 Å². The molecule has 1 saturated heterocycles. The number of sulfone groups is 1. The molecule has 0 saturated carbocycles. The Hall–Kier alpha value is -3.25. The number of nitriles is 1. The van der Waals surface area contributed by atoms with Gasteiger partial charge in [-0.05, 0) is 47.4 Å². The van der Waals surface area contributed by atoms with Gasteiger partial charge in [-0.3, -0.25) is 9.59 Å². The van der Waals surface area contributed by atoms with Crippen molar-refractivity contribution in [3.63, 3.8) is 0 Å². The number of imidazole rings is 1. The monoisotopic (exact) mass is 466 g/mol. The maximum absolute atomic E-state index is 12.8. The van der Waals surface area contributed by atoms with Gasteiger partial charge in [0.05, 0.1) is 17.7 Å². The second kappa shape index (κ2) is 9.32. The SMILES string of the molecule is CC(=O)N1CCC(c2ccc(CC(=O)c3ncc(C#N)[nH]3)c(C3=CCS(=O)(=O)CC3)c2)CC1. The first-order chi connectivity index (χ1) is 15.8. The van der Waals surface area contributed by atoms with E-state index in [2.05, 4.69) is 16.0 Å². The van der Waals surface area contributed by atoms with Gasteiger partial charge in [-0.2, -0.15) is 5.26 Å². The Morgan fingerprint density at radius 1 is 1.27 bits per heavy atom. The lowest BCUT2D eigenvalue weighted by Gasteiger charge is -2.32. The zero-order valence-corrected chi connectivity index (χ0v) is 19.3. The number of allylic oxidation sites excluding steroid dienone is 1. The van der Waals surface area contributed by atoms with Gasteiger partial charge < -0.3 is 9.88 Å². The van der Waals surface area contributed by atoms with Gasteiger partial charge in [0.15, 0.2) is 15.7 Å². The first-order valence-electron chi connectivity index (χ1n) is 11.0. The zero-order valence-electron chi connectivity index (χ0n) is 18.5. The third kappa shape index (κ3) is 5.22. The Bertz CT molecular complexity index is 1260. The predicted molar refractivity (Wildman–Crippen MR) is 123 cm³/mol. The average Bonchev–Trinajstić information content (AvgIpc) is 3.29. The lowest BCUT2D eigenvalue weighted by atomic mass is 9.85. The largest absolute Gasteiger partial charge is 0.343 e. The van der Waals surface area contributed by atoms with Gasteiger partial charge in [0.2, 0.25) is 11.7 Å². The van der Waals surface area contributed by atoms with Crippen LogP contribution in [0.4, 0.5) is 0 Å². The molecule has 3 heterocycles. The summed E-state index contributed by atoms with van der Waals surface area (Å²) in [6, 6.07) is 7.99. The number of hydrogen-bond acceptors (Lipinski definition) is 6. The highest BCUT2D eigenvalue weighted by atomic mass is 32.2. The van der Waals surface area contributed by atoms with Crippen molar-refractivity contribution in [3.8, 4) is 6.07 Å². The van der Waals surface area contributed by atoms with E-state index in [1.807, 2.05) is 23.1 Å². The van der Waals surface area contributed by atoms with Crippen LogP contribution in [-0.4, -0.2) is 59.6 Å². The molecule has 0 atom stereocenters. The topological polar surface area (TPSA) is 124 Å². The predicted octanol–water partition coefficient (Wildman–Crippen LogP) is 2.63. The van der Waals surface area contributed by atoms with E-state index >= 15 is 0 Å². The third-order valence-electron chi connectivity index (χ3n) is 6.47. The Morgan fingerprint density at radius 2 is 2.03 bits per heavy atom. The fourth-order valence-electron chi connectivity index (χ4n) is 4.53.